The van der Waals surface area contributed by atoms with E-state index in [1.807, 2.05) is 61.2 Å². The Kier molecular flexibility index (Phi) is 11.1. The number of benzene rings is 1. The van der Waals surface area contributed by atoms with Crippen LogP contribution in [0.2, 0.25) is 0 Å². The summed E-state index contributed by atoms with van der Waals surface area (Å²) in [5.41, 5.74) is 2.05. The first-order valence-corrected chi connectivity index (χ1v) is 10.2. The zero-order chi connectivity index (χ0) is 19.6. The van der Waals surface area contributed by atoms with Gasteiger partial charge in [-0.15, -0.1) is 35.3 Å². The zero-order valence-electron chi connectivity index (χ0n) is 17.0. The Morgan fingerprint density at radius 3 is 2.46 bits per heavy atom. The molecule has 0 radical (unpaired) electrons. The lowest BCUT2D eigenvalue weighted by Gasteiger charge is -2.25. The van der Waals surface area contributed by atoms with E-state index in [2.05, 4.69) is 27.4 Å². The molecule has 0 spiro atoms. The Morgan fingerprint density at radius 2 is 1.86 bits per heavy atom. The average Bonchev–Trinajstić information content (AvgIpc) is 3.15. The summed E-state index contributed by atoms with van der Waals surface area (Å²) >= 11 is 1.62. The molecule has 6 nitrogen and oxygen atoms in total. The van der Waals surface area contributed by atoms with Crippen LogP contribution in [0.3, 0.4) is 0 Å². The number of aromatic nitrogens is 1. The SMILES string of the molecule is CCNC(=NCc1csc(-c2ccccc2)n1)N(C)CC(=O)N(CC)CC.I. The molecule has 1 aromatic carbocycles. The first-order valence-electron chi connectivity index (χ1n) is 9.36. The van der Waals surface area contributed by atoms with Crippen molar-refractivity contribution in [1.82, 2.24) is 20.1 Å². The standard InChI is InChI=1S/C20H29N5OS.HI/c1-5-21-20(24(4)14-18(26)25(6-2)7-3)22-13-17-15-27-19(23-17)16-11-9-8-10-12-16;/h8-12,15H,5-7,13-14H2,1-4H3,(H,21,22);1H. The fraction of sp³-hybridized carbons (Fsp3) is 0.450. The highest BCUT2D eigenvalue weighted by Crippen LogP contribution is 2.23. The minimum absolute atomic E-state index is 0. The number of carbonyl (C=O) groups is 1. The van der Waals surface area contributed by atoms with Crippen molar-refractivity contribution in [2.75, 3.05) is 33.2 Å². The highest BCUT2D eigenvalue weighted by molar-refractivity contribution is 14.0. The Balaban J connectivity index is 0.00000392. The lowest BCUT2D eigenvalue weighted by Crippen LogP contribution is -2.45. The fourth-order valence-electron chi connectivity index (χ4n) is 2.67. The van der Waals surface area contributed by atoms with Gasteiger partial charge in [-0.2, -0.15) is 0 Å². The monoisotopic (exact) mass is 515 g/mol. The molecular weight excluding hydrogens is 485 g/mol. The summed E-state index contributed by atoms with van der Waals surface area (Å²) in [5, 5.41) is 6.29. The molecule has 2 rings (SSSR count). The van der Waals surface area contributed by atoms with Gasteiger partial charge in [0.1, 0.15) is 5.01 Å². The van der Waals surface area contributed by atoms with Crippen LogP contribution in [0.1, 0.15) is 26.5 Å². The van der Waals surface area contributed by atoms with E-state index in [1.54, 1.807) is 11.3 Å². The number of thiazole rings is 1. The number of halogens is 1. The van der Waals surface area contributed by atoms with Crippen LogP contribution in [0.15, 0.2) is 40.7 Å². The number of hydrogen-bond donors (Lipinski definition) is 1. The molecule has 154 valence electrons. The number of guanidine groups is 1. The van der Waals surface area contributed by atoms with Gasteiger partial charge < -0.3 is 15.1 Å². The van der Waals surface area contributed by atoms with E-state index in [1.165, 1.54) is 0 Å². The molecule has 1 N–H and O–H groups in total. The molecule has 0 fully saturated rings. The predicted octanol–water partition coefficient (Wildman–Crippen LogP) is 3.69. The molecule has 1 aromatic heterocycles. The number of carbonyl (C=O) groups excluding carboxylic acids is 1. The van der Waals surface area contributed by atoms with Crippen LogP contribution in [-0.2, 0) is 11.3 Å². The maximum Gasteiger partial charge on any atom is 0.242 e. The average molecular weight is 515 g/mol. The summed E-state index contributed by atoms with van der Waals surface area (Å²) in [6, 6.07) is 10.1. The molecule has 0 saturated heterocycles. The van der Waals surface area contributed by atoms with Crippen molar-refractivity contribution < 1.29 is 4.79 Å². The van der Waals surface area contributed by atoms with Crippen LogP contribution < -0.4 is 5.32 Å². The second-order valence-corrected chi connectivity index (χ2v) is 6.96. The van der Waals surface area contributed by atoms with Crippen molar-refractivity contribution in [1.29, 1.82) is 0 Å². The maximum atomic E-state index is 12.3. The van der Waals surface area contributed by atoms with Gasteiger partial charge in [0.05, 0.1) is 18.8 Å². The molecular formula is C20H30IN5OS. The lowest BCUT2D eigenvalue weighted by atomic mass is 10.2. The summed E-state index contributed by atoms with van der Waals surface area (Å²) in [6.45, 7) is 8.98. The molecule has 0 aliphatic heterocycles. The van der Waals surface area contributed by atoms with Crippen molar-refractivity contribution in [2.45, 2.75) is 27.3 Å². The lowest BCUT2D eigenvalue weighted by molar-refractivity contribution is -0.131. The van der Waals surface area contributed by atoms with Gasteiger partial charge in [0, 0.05) is 37.6 Å². The van der Waals surface area contributed by atoms with E-state index in [0.717, 1.165) is 35.9 Å². The minimum atomic E-state index is 0. The Hall–Kier alpha value is -1.68. The number of aliphatic imine (C=N–C) groups is 1. The van der Waals surface area contributed by atoms with Crippen molar-refractivity contribution in [3.8, 4) is 10.6 Å². The number of likely N-dealkylation sites (N-methyl/N-ethyl adjacent to an activating group) is 2. The zero-order valence-corrected chi connectivity index (χ0v) is 20.2. The van der Waals surface area contributed by atoms with Crippen molar-refractivity contribution in [3.05, 3.63) is 41.4 Å². The normalized spacial score (nSPS) is 10.9. The van der Waals surface area contributed by atoms with Gasteiger partial charge in [0.2, 0.25) is 5.91 Å². The molecule has 0 aliphatic carbocycles. The van der Waals surface area contributed by atoms with E-state index >= 15 is 0 Å². The van der Waals surface area contributed by atoms with E-state index in [9.17, 15) is 4.79 Å². The summed E-state index contributed by atoms with van der Waals surface area (Å²) in [7, 11) is 1.89. The molecule has 1 heterocycles. The molecule has 8 heteroatoms. The van der Waals surface area contributed by atoms with Gasteiger partial charge in [-0.1, -0.05) is 30.3 Å². The van der Waals surface area contributed by atoms with Crippen LogP contribution >= 0.6 is 35.3 Å². The Bertz CT molecular complexity index is 746. The minimum Gasteiger partial charge on any atom is -0.357 e. The van der Waals surface area contributed by atoms with Crippen LogP contribution in [0.4, 0.5) is 0 Å². The number of rotatable bonds is 8. The van der Waals surface area contributed by atoms with Crippen molar-refractivity contribution in [2.24, 2.45) is 4.99 Å². The van der Waals surface area contributed by atoms with Gasteiger partial charge in [-0.05, 0) is 20.8 Å². The quantitative estimate of drug-likeness (QED) is 0.331. The summed E-state index contributed by atoms with van der Waals surface area (Å²) in [6.07, 6.45) is 0. The first kappa shape index (κ1) is 24.4. The molecule has 0 atom stereocenters. The maximum absolute atomic E-state index is 12.3. The molecule has 28 heavy (non-hydrogen) atoms. The topological polar surface area (TPSA) is 60.8 Å². The van der Waals surface area contributed by atoms with Gasteiger partial charge in [-0.3, -0.25) is 4.79 Å². The highest BCUT2D eigenvalue weighted by Gasteiger charge is 2.15. The predicted molar refractivity (Wildman–Crippen MR) is 128 cm³/mol. The molecule has 1 amide bonds. The largest absolute Gasteiger partial charge is 0.357 e. The number of amides is 1. The van der Waals surface area contributed by atoms with E-state index in [4.69, 9.17) is 0 Å². The van der Waals surface area contributed by atoms with Gasteiger partial charge >= 0.3 is 0 Å². The smallest absolute Gasteiger partial charge is 0.242 e. The molecule has 0 unspecified atom stereocenters. The van der Waals surface area contributed by atoms with Gasteiger partial charge in [-0.25, -0.2) is 9.98 Å². The van der Waals surface area contributed by atoms with Gasteiger partial charge in [0.25, 0.3) is 0 Å². The Morgan fingerprint density at radius 1 is 1.18 bits per heavy atom. The number of hydrogen-bond acceptors (Lipinski definition) is 4. The number of nitrogens with one attached hydrogen (secondary N) is 1. The first-order chi connectivity index (χ1) is 13.1. The van der Waals surface area contributed by atoms with Crippen molar-refractivity contribution >= 4 is 47.2 Å². The third kappa shape index (κ3) is 7.05. The number of nitrogens with zero attached hydrogens (tertiary/aromatic N) is 4. The molecule has 0 aliphatic rings. The third-order valence-electron chi connectivity index (χ3n) is 4.15. The van der Waals surface area contributed by atoms with Crippen LogP contribution in [-0.4, -0.2) is 59.9 Å². The Labute approximate surface area is 189 Å². The van der Waals surface area contributed by atoms with Crippen LogP contribution in [0.5, 0.6) is 0 Å². The van der Waals surface area contributed by atoms with E-state index in [-0.39, 0.29) is 29.9 Å². The highest BCUT2D eigenvalue weighted by atomic mass is 127. The van der Waals surface area contributed by atoms with Crippen molar-refractivity contribution in [3.63, 3.8) is 0 Å². The fourth-order valence-corrected chi connectivity index (χ4v) is 3.49. The molecule has 0 saturated carbocycles. The second kappa shape index (κ2) is 12.7. The second-order valence-electron chi connectivity index (χ2n) is 6.10. The summed E-state index contributed by atoms with van der Waals surface area (Å²) < 4.78 is 0. The summed E-state index contributed by atoms with van der Waals surface area (Å²) in [4.78, 5) is 25.4. The molecule has 0 bridgehead atoms. The summed E-state index contributed by atoms with van der Waals surface area (Å²) in [5.74, 6) is 0.820. The van der Waals surface area contributed by atoms with Gasteiger partial charge in [0.15, 0.2) is 5.96 Å². The third-order valence-corrected chi connectivity index (χ3v) is 5.09. The van der Waals surface area contributed by atoms with Crippen LogP contribution in [0, 0.1) is 0 Å². The van der Waals surface area contributed by atoms with E-state index in [0.29, 0.717) is 19.0 Å². The molecule has 2 aromatic rings. The van der Waals surface area contributed by atoms with Crippen LogP contribution in [0.25, 0.3) is 10.6 Å². The van der Waals surface area contributed by atoms with E-state index < -0.39 is 0 Å².